The molecule has 9 unspecified atom stereocenters. The highest BCUT2D eigenvalue weighted by molar-refractivity contribution is 7.80. The fourth-order valence-corrected chi connectivity index (χ4v) is 17.7. The van der Waals surface area contributed by atoms with Crippen molar-refractivity contribution in [2.24, 2.45) is 35.5 Å². The average molecular weight is 916 g/mol. The van der Waals surface area contributed by atoms with E-state index in [0.29, 0.717) is 39.6 Å². The Morgan fingerprint density at radius 1 is 0.407 bits per heavy atom. The van der Waals surface area contributed by atoms with Gasteiger partial charge in [-0.05, 0) is 67.2 Å². The zero-order valence-electron chi connectivity index (χ0n) is 39.9. The van der Waals surface area contributed by atoms with Crippen LogP contribution in [-0.4, -0.2) is 118 Å². The average Bonchev–Trinajstić information content (AvgIpc) is 3.24. The molecule has 0 radical (unpaired) electrons. The summed E-state index contributed by atoms with van der Waals surface area (Å²) in [5.74, 6) is 1.29. The molecule has 0 aromatic rings. The lowest BCUT2D eigenvalue weighted by Crippen LogP contribution is -2.47. The standard InChI is InChI=1S/C45H98O10SSi3/c1-10-12-14-16-18-20-25-57(9,51-34-41(4)29-46)50-33-40(3)23-28-58(27-22-24-56,52-35-42(5)30-47)53-37-45(8)38-55-59(39-44(7)32-49,54-36-43(6)31-48)26-21-19-17-15-13-11-2/h40-49,56H,10-39H2,1-9H3. The molecule has 0 amide bonds. The van der Waals surface area contributed by atoms with E-state index in [2.05, 4.69) is 53.8 Å². The Kier molecular flexibility index (Phi) is 37.3. The number of aliphatic hydroxyl groups excluding tert-OH is 4. The van der Waals surface area contributed by atoms with E-state index >= 15 is 0 Å². The second-order valence-corrected chi connectivity index (χ2v) is 29.3. The summed E-state index contributed by atoms with van der Waals surface area (Å²) < 4.78 is 40.7. The maximum Gasteiger partial charge on any atom is 0.338 e. The van der Waals surface area contributed by atoms with Gasteiger partial charge in [0.1, 0.15) is 0 Å². The van der Waals surface area contributed by atoms with Gasteiger partial charge in [0.05, 0.1) is 0 Å². The van der Waals surface area contributed by atoms with Crippen molar-refractivity contribution in [3.05, 3.63) is 0 Å². The second-order valence-electron chi connectivity index (χ2n) is 18.8. The third kappa shape index (κ3) is 30.4. The molecule has 9 atom stereocenters. The first kappa shape index (κ1) is 59.6. The summed E-state index contributed by atoms with van der Waals surface area (Å²) in [6.07, 6.45) is 16.3. The van der Waals surface area contributed by atoms with Crippen LogP contribution in [0.2, 0.25) is 36.8 Å². The normalized spacial score (nSPS) is 18.4. The molecule has 10 nitrogen and oxygen atoms in total. The van der Waals surface area contributed by atoms with Crippen LogP contribution in [0.1, 0.15) is 145 Å². The highest BCUT2D eigenvalue weighted by Crippen LogP contribution is 2.31. The molecule has 0 spiro atoms. The van der Waals surface area contributed by atoms with E-state index in [1.165, 1.54) is 57.8 Å². The molecule has 0 heterocycles. The van der Waals surface area contributed by atoms with Crippen LogP contribution in [0.15, 0.2) is 0 Å². The summed E-state index contributed by atoms with van der Waals surface area (Å²) >= 11 is 4.59. The van der Waals surface area contributed by atoms with E-state index in [1.807, 2.05) is 20.8 Å². The molecule has 0 aromatic heterocycles. The monoisotopic (exact) mass is 915 g/mol. The van der Waals surface area contributed by atoms with E-state index in [1.54, 1.807) is 0 Å². The number of hydrogen-bond donors (Lipinski definition) is 5. The lowest BCUT2D eigenvalue weighted by atomic mass is 10.1. The molecule has 0 aliphatic carbocycles. The van der Waals surface area contributed by atoms with Crippen LogP contribution >= 0.6 is 12.6 Å². The topological polar surface area (TPSA) is 136 Å². The highest BCUT2D eigenvalue weighted by Gasteiger charge is 2.41. The van der Waals surface area contributed by atoms with Gasteiger partial charge in [0.25, 0.3) is 0 Å². The number of thiol groups is 1. The van der Waals surface area contributed by atoms with Crippen LogP contribution in [0.25, 0.3) is 0 Å². The summed E-state index contributed by atoms with van der Waals surface area (Å²) in [4.78, 5) is 0. The van der Waals surface area contributed by atoms with E-state index in [-0.39, 0.29) is 61.9 Å². The predicted molar refractivity (Wildman–Crippen MR) is 256 cm³/mol. The number of aliphatic hydroxyl groups is 4. The molecule has 0 aliphatic heterocycles. The van der Waals surface area contributed by atoms with Crippen molar-refractivity contribution in [3.8, 4) is 0 Å². The zero-order valence-corrected chi connectivity index (χ0v) is 43.8. The summed E-state index contributed by atoms with van der Waals surface area (Å²) in [5.41, 5.74) is 0. The lowest BCUT2D eigenvalue weighted by Gasteiger charge is -2.36. The van der Waals surface area contributed by atoms with Gasteiger partial charge in [-0.1, -0.05) is 132 Å². The SMILES string of the molecule is CCCCCCCC[Si](C)(OCC(C)CO)OCC(C)CC[Si](CCCS)(OCC(C)CO)OCC(C)CO[Si](CCCCCCCC)(CC(C)CO)OCC(C)CO. The molecule has 0 fully saturated rings. The first-order chi connectivity index (χ1) is 28.2. The fraction of sp³-hybridized carbons (Fsp3) is 1.00. The maximum atomic E-state index is 10.1. The molecule has 14 heteroatoms. The van der Waals surface area contributed by atoms with Gasteiger partial charge in [0.15, 0.2) is 0 Å². The van der Waals surface area contributed by atoms with Gasteiger partial charge in [0, 0.05) is 89.7 Å². The van der Waals surface area contributed by atoms with Crippen molar-refractivity contribution in [1.82, 2.24) is 0 Å². The molecule has 0 saturated heterocycles. The first-order valence-electron chi connectivity index (χ1n) is 24.1. The van der Waals surface area contributed by atoms with E-state index in [4.69, 9.17) is 26.6 Å². The Bertz CT molecular complexity index is 950. The molecule has 0 saturated carbocycles. The number of hydrogen-bond acceptors (Lipinski definition) is 11. The molecule has 356 valence electrons. The maximum absolute atomic E-state index is 10.1. The van der Waals surface area contributed by atoms with Gasteiger partial charge >= 0.3 is 25.7 Å². The van der Waals surface area contributed by atoms with E-state index in [0.717, 1.165) is 68.1 Å². The third-order valence-electron chi connectivity index (χ3n) is 11.4. The first-order valence-corrected chi connectivity index (χ1v) is 31.7. The van der Waals surface area contributed by atoms with Crippen molar-refractivity contribution < 1.29 is 47.0 Å². The molecular formula is C45H98O10SSi3. The smallest absolute Gasteiger partial charge is 0.338 e. The Hall–Kier alpha value is 0.601. The van der Waals surface area contributed by atoms with Crippen molar-refractivity contribution >= 4 is 38.3 Å². The van der Waals surface area contributed by atoms with E-state index in [9.17, 15) is 20.4 Å². The van der Waals surface area contributed by atoms with Crippen LogP contribution in [0.3, 0.4) is 0 Å². The Labute approximate surface area is 373 Å². The third-order valence-corrected chi connectivity index (χ3v) is 21.9. The molecule has 0 rings (SSSR count). The van der Waals surface area contributed by atoms with Gasteiger partial charge in [-0.3, -0.25) is 0 Å². The molecule has 0 aromatic carbocycles. The fourth-order valence-electron chi connectivity index (χ4n) is 6.96. The van der Waals surface area contributed by atoms with Gasteiger partial charge in [0.2, 0.25) is 0 Å². The van der Waals surface area contributed by atoms with Crippen LogP contribution in [-0.2, 0) is 26.6 Å². The minimum Gasteiger partial charge on any atom is -0.396 e. The minimum absolute atomic E-state index is 0.00990. The summed E-state index contributed by atoms with van der Waals surface area (Å²) in [6, 6.07) is 4.21. The lowest BCUT2D eigenvalue weighted by molar-refractivity contribution is 0.0793. The van der Waals surface area contributed by atoms with Crippen LogP contribution in [0, 0.1) is 35.5 Å². The van der Waals surface area contributed by atoms with Gasteiger partial charge < -0.3 is 47.0 Å². The number of unbranched alkanes of at least 4 members (excludes halogenated alkanes) is 10. The molecule has 0 aliphatic rings. The molecule has 0 bridgehead atoms. The number of rotatable bonds is 44. The van der Waals surface area contributed by atoms with Crippen LogP contribution in [0.5, 0.6) is 0 Å². The molecule has 59 heavy (non-hydrogen) atoms. The van der Waals surface area contributed by atoms with E-state index < -0.39 is 25.7 Å². The van der Waals surface area contributed by atoms with Crippen LogP contribution in [0.4, 0.5) is 0 Å². The Morgan fingerprint density at radius 3 is 1.24 bits per heavy atom. The van der Waals surface area contributed by atoms with Crippen molar-refractivity contribution in [3.63, 3.8) is 0 Å². The second kappa shape index (κ2) is 36.9. The highest BCUT2D eigenvalue weighted by atomic mass is 32.1. The molecular weight excluding hydrogens is 817 g/mol. The Morgan fingerprint density at radius 2 is 0.780 bits per heavy atom. The van der Waals surface area contributed by atoms with Crippen molar-refractivity contribution in [2.45, 2.75) is 182 Å². The van der Waals surface area contributed by atoms with Crippen molar-refractivity contribution in [1.29, 1.82) is 0 Å². The quantitative estimate of drug-likeness (QED) is 0.0228. The van der Waals surface area contributed by atoms with Crippen LogP contribution < -0.4 is 0 Å². The minimum atomic E-state index is -2.75. The van der Waals surface area contributed by atoms with Crippen molar-refractivity contribution in [2.75, 3.05) is 71.8 Å². The largest absolute Gasteiger partial charge is 0.396 e. The summed E-state index contributed by atoms with van der Waals surface area (Å²) in [7, 11) is -7.91. The summed E-state index contributed by atoms with van der Waals surface area (Å²) in [6.45, 7) is 22.6. The Balaban J connectivity index is 5.98. The predicted octanol–water partition coefficient (Wildman–Crippen LogP) is 10.3. The van der Waals surface area contributed by atoms with Gasteiger partial charge in [-0.25, -0.2) is 0 Å². The van der Waals surface area contributed by atoms with Gasteiger partial charge in [-0.15, -0.1) is 0 Å². The molecule has 4 N–H and O–H groups in total. The zero-order chi connectivity index (χ0) is 44.4. The summed E-state index contributed by atoms with van der Waals surface area (Å²) in [5, 5.41) is 39.5. The van der Waals surface area contributed by atoms with Gasteiger partial charge in [-0.2, -0.15) is 12.6 Å².